The van der Waals surface area contributed by atoms with Gasteiger partial charge in [-0.2, -0.15) is 5.10 Å². The summed E-state index contributed by atoms with van der Waals surface area (Å²) in [6, 6.07) is 26.2. The molecule has 4 rings (SSSR count). The zero-order chi connectivity index (χ0) is 23.6. The third-order valence-corrected chi connectivity index (χ3v) is 5.70. The third-order valence-electron chi connectivity index (χ3n) is 4.90. The summed E-state index contributed by atoms with van der Waals surface area (Å²) in [5, 5.41) is 6.79. The SMILES string of the molecule is CCOC(=O)Cc1csc(NN=Cc2ccccc2-c2cccc(OCc3ccccc3)c2)n1. The number of ether oxygens (including phenoxy) is 2. The summed E-state index contributed by atoms with van der Waals surface area (Å²) in [5.41, 5.74) is 7.77. The lowest BCUT2D eigenvalue weighted by atomic mass is 10.0. The van der Waals surface area contributed by atoms with Crippen LogP contribution < -0.4 is 10.2 Å². The summed E-state index contributed by atoms with van der Waals surface area (Å²) in [6.45, 7) is 2.66. The number of rotatable bonds is 10. The molecule has 1 aromatic heterocycles. The Morgan fingerprint density at radius 2 is 1.88 bits per heavy atom. The van der Waals surface area contributed by atoms with Gasteiger partial charge in [0.2, 0.25) is 5.13 Å². The summed E-state index contributed by atoms with van der Waals surface area (Å²) in [7, 11) is 0. The van der Waals surface area contributed by atoms with Crippen LogP contribution in [0, 0.1) is 0 Å². The zero-order valence-corrected chi connectivity index (χ0v) is 19.6. The number of nitrogens with one attached hydrogen (secondary N) is 1. The second kappa shape index (κ2) is 11.8. The molecule has 0 aliphatic heterocycles. The van der Waals surface area contributed by atoms with Crippen LogP contribution in [0.4, 0.5) is 5.13 Å². The van der Waals surface area contributed by atoms with Crippen LogP contribution >= 0.6 is 11.3 Å². The average Bonchev–Trinajstić information content (AvgIpc) is 3.31. The number of benzene rings is 3. The first-order valence-electron chi connectivity index (χ1n) is 11.0. The Balaban J connectivity index is 1.42. The number of aromatic nitrogens is 1. The number of hydrogen-bond donors (Lipinski definition) is 1. The molecule has 0 radical (unpaired) electrons. The molecule has 4 aromatic rings. The van der Waals surface area contributed by atoms with Gasteiger partial charge in [0.05, 0.1) is 24.9 Å². The van der Waals surface area contributed by atoms with Crippen molar-refractivity contribution in [3.05, 3.63) is 101 Å². The molecular formula is C27H25N3O3S. The Labute approximate surface area is 202 Å². The maximum Gasteiger partial charge on any atom is 0.311 e. The van der Waals surface area contributed by atoms with Crippen molar-refractivity contribution in [2.24, 2.45) is 5.10 Å². The second-order valence-corrected chi connectivity index (χ2v) is 8.24. The molecule has 0 saturated carbocycles. The topological polar surface area (TPSA) is 72.8 Å². The van der Waals surface area contributed by atoms with Crippen molar-refractivity contribution < 1.29 is 14.3 Å². The van der Waals surface area contributed by atoms with E-state index in [9.17, 15) is 4.79 Å². The van der Waals surface area contributed by atoms with E-state index in [2.05, 4.69) is 27.6 Å². The van der Waals surface area contributed by atoms with Crippen molar-refractivity contribution in [3.8, 4) is 16.9 Å². The molecular weight excluding hydrogens is 446 g/mol. The van der Waals surface area contributed by atoms with E-state index in [1.807, 2.05) is 72.1 Å². The van der Waals surface area contributed by atoms with Gasteiger partial charge >= 0.3 is 5.97 Å². The van der Waals surface area contributed by atoms with Crippen LogP contribution in [-0.2, 0) is 22.6 Å². The van der Waals surface area contributed by atoms with E-state index >= 15 is 0 Å². The fraction of sp³-hybridized carbons (Fsp3) is 0.148. The molecule has 172 valence electrons. The maximum absolute atomic E-state index is 11.6. The van der Waals surface area contributed by atoms with Crippen LogP contribution in [0.5, 0.6) is 5.75 Å². The normalized spacial score (nSPS) is 10.9. The van der Waals surface area contributed by atoms with Gasteiger partial charge in [0, 0.05) is 10.9 Å². The Hall–Kier alpha value is -3.97. The molecule has 0 aliphatic rings. The maximum atomic E-state index is 11.6. The Morgan fingerprint density at radius 3 is 2.74 bits per heavy atom. The van der Waals surface area contributed by atoms with Gasteiger partial charge in [-0.05, 0) is 35.7 Å². The molecule has 0 amide bonds. The number of esters is 1. The Morgan fingerprint density at radius 1 is 1.06 bits per heavy atom. The summed E-state index contributed by atoms with van der Waals surface area (Å²) in [5.74, 6) is 0.523. The highest BCUT2D eigenvalue weighted by molar-refractivity contribution is 7.13. The number of nitrogens with zero attached hydrogens (tertiary/aromatic N) is 2. The minimum absolute atomic E-state index is 0.154. The van der Waals surface area contributed by atoms with Crippen molar-refractivity contribution >= 4 is 28.7 Å². The van der Waals surface area contributed by atoms with Crippen molar-refractivity contribution in [1.29, 1.82) is 0 Å². The molecule has 7 heteroatoms. The summed E-state index contributed by atoms with van der Waals surface area (Å²) < 4.78 is 11.0. The molecule has 0 atom stereocenters. The second-order valence-electron chi connectivity index (χ2n) is 7.39. The van der Waals surface area contributed by atoms with Gasteiger partial charge in [0.25, 0.3) is 0 Å². The summed E-state index contributed by atoms with van der Waals surface area (Å²) in [4.78, 5) is 16.0. The highest BCUT2D eigenvalue weighted by Crippen LogP contribution is 2.27. The van der Waals surface area contributed by atoms with Crippen LogP contribution in [0.3, 0.4) is 0 Å². The van der Waals surface area contributed by atoms with Gasteiger partial charge in [0.15, 0.2) is 0 Å². The standard InChI is InChI=1S/C27H25N3O3S/c1-2-32-26(31)16-23-19-34-27(29-23)30-28-17-22-11-6-7-14-25(22)21-12-8-13-24(15-21)33-18-20-9-4-3-5-10-20/h3-15,17,19H,2,16,18H2,1H3,(H,29,30). The van der Waals surface area contributed by atoms with Gasteiger partial charge in [-0.15, -0.1) is 11.3 Å². The molecule has 0 saturated heterocycles. The van der Waals surface area contributed by atoms with Crippen LogP contribution in [0.2, 0.25) is 0 Å². The number of hydrazone groups is 1. The number of hydrogen-bond acceptors (Lipinski definition) is 7. The number of anilines is 1. The fourth-order valence-electron chi connectivity index (χ4n) is 3.32. The smallest absolute Gasteiger partial charge is 0.311 e. The Bertz CT molecular complexity index is 1250. The molecule has 0 unspecified atom stereocenters. The highest BCUT2D eigenvalue weighted by atomic mass is 32.1. The van der Waals surface area contributed by atoms with Crippen LogP contribution in [0.15, 0.2) is 89.3 Å². The molecule has 1 heterocycles. The minimum atomic E-state index is -0.285. The highest BCUT2D eigenvalue weighted by Gasteiger charge is 2.08. The Kier molecular flexibility index (Phi) is 8.03. The lowest BCUT2D eigenvalue weighted by Gasteiger charge is -2.10. The van der Waals surface area contributed by atoms with Crippen LogP contribution in [0.25, 0.3) is 11.1 Å². The van der Waals surface area contributed by atoms with Crippen molar-refractivity contribution in [2.75, 3.05) is 12.0 Å². The van der Waals surface area contributed by atoms with E-state index in [1.54, 1.807) is 13.1 Å². The molecule has 34 heavy (non-hydrogen) atoms. The van der Waals surface area contributed by atoms with Crippen LogP contribution in [-0.4, -0.2) is 23.8 Å². The van der Waals surface area contributed by atoms with E-state index in [0.717, 1.165) is 28.0 Å². The van der Waals surface area contributed by atoms with Crippen molar-refractivity contribution in [2.45, 2.75) is 20.0 Å². The largest absolute Gasteiger partial charge is 0.489 e. The predicted octanol–water partition coefficient (Wildman–Crippen LogP) is 5.94. The number of thiazole rings is 1. The molecule has 3 aromatic carbocycles. The quantitative estimate of drug-likeness (QED) is 0.176. The molecule has 0 fully saturated rings. The van der Waals surface area contributed by atoms with E-state index < -0.39 is 0 Å². The van der Waals surface area contributed by atoms with Crippen molar-refractivity contribution in [1.82, 2.24) is 4.98 Å². The predicted molar refractivity (Wildman–Crippen MR) is 136 cm³/mol. The van der Waals surface area contributed by atoms with Crippen molar-refractivity contribution in [3.63, 3.8) is 0 Å². The zero-order valence-electron chi connectivity index (χ0n) is 18.8. The lowest BCUT2D eigenvalue weighted by Crippen LogP contribution is -2.07. The molecule has 6 nitrogen and oxygen atoms in total. The van der Waals surface area contributed by atoms with Gasteiger partial charge in [-0.3, -0.25) is 10.2 Å². The monoisotopic (exact) mass is 471 g/mol. The first-order valence-corrected chi connectivity index (χ1v) is 11.8. The molecule has 0 bridgehead atoms. The van der Waals surface area contributed by atoms with Gasteiger partial charge in [-0.1, -0.05) is 66.7 Å². The lowest BCUT2D eigenvalue weighted by molar-refractivity contribution is -0.142. The van der Waals surface area contributed by atoms with Gasteiger partial charge < -0.3 is 9.47 Å². The summed E-state index contributed by atoms with van der Waals surface area (Å²) in [6.07, 6.45) is 1.92. The first-order chi connectivity index (χ1) is 16.7. The summed E-state index contributed by atoms with van der Waals surface area (Å²) >= 11 is 1.39. The average molecular weight is 472 g/mol. The van der Waals surface area contributed by atoms with Gasteiger partial charge in [0.1, 0.15) is 12.4 Å². The van der Waals surface area contributed by atoms with Gasteiger partial charge in [-0.25, -0.2) is 4.98 Å². The van der Waals surface area contributed by atoms with E-state index in [-0.39, 0.29) is 12.4 Å². The minimum Gasteiger partial charge on any atom is -0.489 e. The third kappa shape index (κ3) is 6.52. The molecule has 0 spiro atoms. The van der Waals surface area contributed by atoms with E-state index in [4.69, 9.17) is 9.47 Å². The van der Waals surface area contributed by atoms with Crippen LogP contribution in [0.1, 0.15) is 23.7 Å². The molecule has 0 aliphatic carbocycles. The number of carbonyl (C=O) groups excluding carboxylic acids is 1. The first kappa shape index (κ1) is 23.2. The number of carbonyl (C=O) groups is 1. The van der Waals surface area contributed by atoms with E-state index in [0.29, 0.717) is 24.0 Å². The fourth-order valence-corrected chi connectivity index (χ4v) is 3.98. The van der Waals surface area contributed by atoms with E-state index in [1.165, 1.54) is 11.3 Å². The molecule has 1 N–H and O–H groups in total.